The second kappa shape index (κ2) is 12.9. The third kappa shape index (κ3) is 7.54. The highest BCUT2D eigenvalue weighted by Crippen LogP contribution is 2.43. The maximum absolute atomic E-state index is 7.35. The predicted octanol–water partition coefficient (Wildman–Crippen LogP) is 8.28. The summed E-state index contributed by atoms with van der Waals surface area (Å²) in [6, 6.07) is 16.0. The highest BCUT2D eigenvalue weighted by atomic mass is 35.5. The molecule has 0 aliphatic carbocycles. The lowest BCUT2D eigenvalue weighted by Gasteiger charge is -2.30. The van der Waals surface area contributed by atoms with Gasteiger partial charge < -0.3 is 11.5 Å². The number of hydrogen-bond donors (Lipinski definition) is 2. The minimum Gasteiger partial charge on any atom is -0.399 e. The zero-order valence-corrected chi connectivity index (χ0v) is 19.8. The molecule has 0 fully saturated rings. The Morgan fingerprint density at radius 2 is 1.17 bits per heavy atom. The number of halogens is 1. The summed E-state index contributed by atoms with van der Waals surface area (Å²) in [4.78, 5) is -0.547. The van der Waals surface area contributed by atoms with Gasteiger partial charge in [0.2, 0.25) is 0 Å². The van der Waals surface area contributed by atoms with E-state index in [0.29, 0.717) is 0 Å². The summed E-state index contributed by atoms with van der Waals surface area (Å²) >= 11 is 7.35. The van der Waals surface area contributed by atoms with Crippen molar-refractivity contribution < 1.29 is 0 Å². The predicted molar refractivity (Wildman–Crippen MR) is 134 cm³/mol. The third-order valence-corrected chi connectivity index (χ3v) is 7.05. The molecule has 2 aromatic carbocycles. The Morgan fingerprint density at radius 3 is 1.63 bits per heavy atom. The Labute approximate surface area is 189 Å². The first-order valence-corrected chi connectivity index (χ1v) is 12.3. The van der Waals surface area contributed by atoms with Crippen LogP contribution in [0.25, 0.3) is 0 Å². The number of unbranched alkanes of at least 4 members (excludes halogenated alkanes) is 6. The van der Waals surface area contributed by atoms with Gasteiger partial charge in [-0.2, -0.15) is 0 Å². The van der Waals surface area contributed by atoms with Crippen molar-refractivity contribution in [3.63, 3.8) is 0 Å². The van der Waals surface area contributed by atoms with Crippen molar-refractivity contribution in [2.45, 2.75) is 89.4 Å². The fourth-order valence-electron chi connectivity index (χ4n) is 4.30. The van der Waals surface area contributed by atoms with Crippen LogP contribution >= 0.6 is 11.6 Å². The van der Waals surface area contributed by atoms with E-state index in [0.717, 1.165) is 41.3 Å². The molecule has 0 saturated heterocycles. The Hall–Kier alpha value is -1.67. The van der Waals surface area contributed by atoms with Crippen LogP contribution in [-0.2, 0) is 4.87 Å². The van der Waals surface area contributed by atoms with Crippen LogP contribution in [-0.4, -0.2) is 0 Å². The summed E-state index contributed by atoms with van der Waals surface area (Å²) < 4.78 is 0. The molecule has 1 unspecified atom stereocenters. The smallest absolute Gasteiger partial charge is 0.0944 e. The van der Waals surface area contributed by atoms with E-state index in [1.807, 2.05) is 24.3 Å². The number of anilines is 2. The van der Waals surface area contributed by atoms with Gasteiger partial charge in [0, 0.05) is 11.4 Å². The number of rotatable bonds is 14. The molecule has 0 aliphatic rings. The van der Waals surface area contributed by atoms with E-state index in [2.05, 4.69) is 38.1 Å². The van der Waals surface area contributed by atoms with Gasteiger partial charge in [0.15, 0.2) is 0 Å². The Morgan fingerprint density at radius 1 is 0.700 bits per heavy atom. The van der Waals surface area contributed by atoms with Crippen molar-refractivity contribution in [2.24, 2.45) is 5.92 Å². The topological polar surface area (TPSA) is 52.0 Å². The average Bonchev–Trinajstić information content (AvgIpc) is 2.76. The number of benzene rings is 2. The van der Waals surface area contributed by atoms with Gasteiger partial charge in [-0.1, -0.05) is 95.9 Å². The van der Waals surface area contributed by atoms with Gasteiger partial charge >= 0.3 is 0 Å². The lowest BCUT2D eigenvalue weighted by molar-refractivity contribution is 0.385. The molecule has 30 heavy (non-hydrogen) atoms. The molecule has 2 nitrogen and oxygen atoms in total. The highest BCUT2D eigenvalue weighted by molar-refractivity contribution is 6.26. The van der Waals surface area contributed by atoms with E-state index in [1.54, 1.807) is 0 Å². The van der Waals surface area contributed by atoms with Crippen molar-refractivity contribution in [1.82, 2.24) is 0 Å². The summed E-state index contributed by atoms with van der Waals surface area (Å²) in [5.41, 5.74) is 15.6. The second-order valence-corrected chi connectivity index (χ2v) is 9.41. The first-order valence-electron chi connectivity index (χ1n) is 11.9. The summed E-state index contributed by atoms with van der Waals surface area (Å²) in [5, 5.41) is 0. The van der Waals surface area contributed by atoms with Gasteiger partial charge in [-0.3, -0.25) is 0 Å². The zero-order chi connectivity index (χ0) is 21.8. The largest absolute Gasteiger partial charge is 0.399 e. The molecule has 0 bridgehead atoms. The maximum atomic E-state index is 7.35. The van der Waals surface area contributed by atoms with E-state index in [9.17, 15) is 0 Å². The molecule has 166 valence electrons. The van der Waals surface area contributed by atoms with Gasteiger partial charge in [0.1, 0.15) is 0 Å². The fraction of sp³-hybridized carbons (Fsp3) is 0.556. The van der Waals surface area contributed by atoms with E-state index < -0.39 is 4.87 Å². The van der Waals surface area contributed by atoms with Crippen LogP contribution in [0, 0.1) is 5.92 Å². The van der Waals surface area contributed by atoms with Crippen molar-refractivity contribution in [3.8, 4) is 0 Å². The molecule has 0 heterocycles. The maximum Gasteiger partial charge on any atom is 0.0944 e. The van der Waals surface area contributed by atoms with Gasteiger partial charge in [0.25, 0.3) is 0 Å². The normalized spacial score (nSPS) is 12.8. The molecule has 1 atom stereocenters. The zero-order valence-electron chi connectivity index (χ0n) is 19.0. The van der Waals surface area contributed by atoms with E-state index in [1.165, 1.54) is 57.8 Å². The number of nitrogen functional groups attached to an aromatic ring is 2. The molecule has 0 aromatic heterocycles. The molecule has 0 amide bonds. The lowest BCUT2D eigenvalue weighted by atomic mass is 9.82. The average molecular weight is 429 g/mol. The third-order valence-electron chi connectivity index (χ3n) is 6.43. The monoisotopic (exact) mass is 428 g/mol. The Balaban J connectivity index is 1.99. The van der Waals surface area contributed by atoms with Gasteiger partial charge in [-0.25, -0.2) is 0 Å². The van der Waals surface area contributed by atoms with Gasteiger partial charge in [-0.05, 0) is 54.2 Å². The summed E-state index contributed by atoms with van der Waals surface area (Å²) in [6.45, 7) is 4.59. The molecule has 0 saturated carbocycles. The van der Waals surface area contributed by atoms with Crippen LogP contribution in [0.15, 0.2) is 48.5 Å². The minimum atomic E-state index is -0.547. The van der Waals surface area contributed by atoms with Crippen molar-refractivity contribution in [3.05, 3.63) is 59.7 Å². The molecule has 4 N–H and O–H groups in total. The fourth-order valence-corrected chi connectivity index (χ4v) is 4.66. The second-order valence-electron chi connectivity index (χ2n) is 8.77. The van der Waals surface area contributed by atoms with Crippen LogP contribution in [0.3, 0.4) is 0 Å². The quantitative estimate of drug-likeness (QED) is 0.180. The van der Waals surface area contributed by atoms with Crippen LogP contribution in [0.1, 0.15) is 95.6 Å². The molecule has 2 aromatic rings. The summed E-state index contributed by atoms with van der Waals surface area (Å²) in [6.07, 6.45) is 14.1. The molecular weight excluding hydrogens is 388 g/mol. The van der Waals surface area contributed by atoms with Crippen LogP contribution in [0.2, 0.25) is 0 Å². The number of hydrogen-bond acceptors (Lipinski definition) is 2. The summed E-state index contributed by atoms with van der Waals surface area (Å²) in [7, 11) is 0. The summed E-state index contributed by atoms with van der Waals surface area (Å²) in [5.74, 6) is 0.723. The van der Waals surface area contributed by atoms with Crippen LogP contribution in [0.4, 0.5) is 11.4 Å². The van der Waals surface area contributed by atoms with E-state index in [-0.39, 0.29) is 0 Å². The van der Waals surface area contributed by atoms with Crippen molar-refractivity contribution >= 4 is 23.0 Å². The number of alkyl halides is 1. The molecule has 3 heteroatoms. The van der Waals surface area contributed by atoms with Gasteiger partial charge in [0.05, 0.1) is 4.87 Å². The van der Waals surface area contributed by atoms with E-state index >= 15 is 0 Å². The lowest BCUT2D eigenvalue weighted by Crippen LogP contribution is -2.22. The molecule has 2 rings (SSSR count). The highest BCUT2D eigenvalue weighted by Gasteiger charge is 2.32. The number of nitrogens with two attached hydrogens (primary N) is 2. The Kier molecular flexibility index (Phi) is 10.6. The minimum absolute atomic E-state index is 0.547. The van der Waals surface area contributed by atoms with E-state index in [4.69, 9.17) is 23.1 Å². The molecule has 0 radical (unpaired) electrons. The van der Waals surface area contributed by atoms with Crippen LogP contribution in [0.5, 0.6) is 0 Å². The standard InChI is InChI=1S/C27H41ClN2/c1-3-5-6-7-8-9-10-11-22(4-2)20-21-27(28,23-12-16-25(29)17-13-23)24-14-18-26(30)19-15-24/h12-19,22H,3-11,20-21,29-30H2,1-2H3. The Bertz CT molecular complexity index is 663. The van der Waals surface area contributed by atoms with Crippen molar-refractivity contribution in [1.29, 1.82) is 0 Å². The van der Waals surface area contributed by atoms with Gasteiger partial charge in [-0.15, -0.1) is 11.6 Å². The molecule has 0 aliphatic heterocycles. The first kappa shape index (κ1) is 24.6. The molecular formula is C27H41ClN2. The molecule has 0 spiro atoms. The van der Waals surface area contributed by atoms with Crippen molar-refractivity contribution in [2.75, 3.05) is 11.5 Å². The van der Waals surface area contributed by atoms with Crippen LogP contribution < -0.4 is 11.5 Å². The SMILES string of the molecule is CCCCCCCCCC(CC)CCC(Cl)(c1ccc(N)cc1)c1ccc(N)cc1. The first-order chi connectivity index (χ1) is 14.5.